The van der Waals surface area contributed by atoms with Crippen LogP contribution in [0, 0.1) is 6.92 Å². The number of carboxylic acids is 1. The molecule has 0 aliphatic heterocycles. The largest absolute Gasteiger partial charge is 0.478 e. The van der Waals surface area contributed by atoms with Crippen molar-refractivity contribution in [2.75, 3.05) is 7.11 Å². The molecule has 2 aromatic carbocycles. The van der Waals surface area contributed by atoms with Gasteiger partial charge >= 0.3 is 11.9 Å². The van der Waals surface area contributed by atoms with E-state index >= 15 is 0 Å². The van der Waals surface area contributed by atoms with E-state index in [1.54, 1.807) is 36.4 Å². The molecular formula is C16H14O4. The standard InChI is InChI=1S/C16H14O4/c1-10-8-12(15(17)18)6-7-14(10)11-4-3-5-13(9-11)16(19)20-2/h3-9H,1-2H3,(H,17,18). The molecule has 102 valence electrons. The highest BCUT2D eigenvalue weighted by atomic mass is 16.5. The van der Waals surface area contributed by atoms with Crippen molar-refractivity contribution in [3.05, 3.63) is 59.2 Å². The second kappa shape index (κ2) is 5.57. The van der Waals surface area contributed by atoms with Crippen molar-refractivity contribution in [3.63, 3.8) is 0 Å². The minimum atomic E-state index is -0.956. The fourth-order valence-corrected chi connectivity index (χ4v) is 2.05. The van der Waals surface area contributed by atoms with Crippen molar-refractivity contribution in [1.29, 1.82) is 0 Å². The van der Waals surface area contributed by atoms with Crippen LogP contribution in [-0.2, 0) is 4.74 Å². The number of rotatable bonds is 3. The number of aryl methyl sites for hydroxylation is 1. The maximum Gasteiger partial charge on any atom is 0.337 e. The quantitative estimate of drug-likeness (QED) is 0.870. The fraction of sp³-hybridized carbons (Fsp3) is 0.125. The third-order valence-electron chi connectivity index (χ3n) is 3.07. The molecule has 20 heavy (non-hydrogen) atoms. The van der Waals surface area contributed by atoms with E-state index < -0.39 is 11.9 Å². The first-order valence-corrected chi connectivity index (χ1v) is 6.05. The van der Waals surface area contributed by atoms with Crippen molar-refractivity contribution in [1.82, 2.24) is 0 Å². The number of carbonyl (C=O) groups is 2. The Morgan fingerprint density at radius 1 is 1.05 bits per heavy atom. The van der Waals surface area contributed by atoms with Gasteiger partial charge in [0.1, 0.15) is 0 Å². The van der Waals surface area contributed by atoms with Crippen molar-refractivity contribution >= 4 is 11.9 Å². The van der Waals surface area contributed by atoms with Gasteiger partial charge in [-0.15, -0.1) is 0 Å². The zero-order chi connectivity index (χ0) is 14.7. The van der Waals surface area contributed by atoms with Gasteiger partial charge < -0.3 is 9.84 Å². The average Bonchev–Trinajstić information content (AvgIpc) is 2.46. The smallest absolute Gasteiger partial charge is 0.337 e. The van der Waals surface area contributed by atoms with Crippen LogP contribution in [0.5, 0.6) is 0 Å². The molecule has 4 nitrogen and oxygen atoms in total. The van der Waals surface area contributed by atoms with Crippen LogP contribution in [0.4, 0.5) is 0 Å². The molecule has 0 saturated heterocycles. The number of benzene rings is 2. The maximum atomic E-state index is 11.5. The number of aromatic carboxylic acids is 1. The molecule has 0 fully saturated rings. The van der Waals surface area contributed by atoms with Gasteiger partial charge in [-0.25, -0.2) is 9.59 Å². The summed E-state index contributed by atoms with van der Waals surface area (Å²) >= 11 is 0. The maximum absolute atomic E-state index is 11.5. The molecule has 0 unspecified atom stereocenters. The molecule has 0 aliphatic rings. The first-order valence-electron chi connectivity index (χ1n) is 6.05. The molecule has 4 heteroatoms. The van der Waals surface area contributed by atoms with Gasteiger partial charge in [0.25, 0.3) is 0 Å². The summed E-state index contributed by atoms with van der Waals surface area (Å²) < 4.78 is 4.69. The van der Waals surface area contributed by atoms with E-state index in [1.807, 2.05) is 13.0 Å². The summed E-state index contributed by atoms with van der Waals surface area (Å²) in [5.74, 6) is -1.35. The van der Waals surface area contributed by atoms with E-state index in [-0.39, 0.29) is 5.56 Å². The zero-order valence-corrected chi connectivity index (χ0v) is 11.2. The SMILES string of the molecule is COC(=O)c1cccc(-c2ccc(C(=O)O)cc2C)c1. The first kappa shape index (κ1) is 13.8. The number of methoxy groups -OCH3 is 1. The monoisotopic (exact) mass is 270 g/mol. The number of hydrogen-bond donors (Lipinski definition) is 1. The predicted octanol–water partition coefficient (Wildman–Crippen LogP) is 3.15. The lowest BCUT2D eigenvalue weighted by Crippen LogP contribution is -2.01. The summed E-state index contributed by atoms with van der Waals surface area (Å²) in [4.78, 5) is 22.4. The third kappa shape index (κ3) is 2.69. The normalized spacial score (nSPS) is 10.1. The number of esters is 1. The molecule has 0 spiro atoms. The topological polar surface area (TPSA) is 63.6 Å². The molecule has 2 aromatic rings. The van der Waals surface area contributed by atoms with Crippen LogP contribution >= 0.6 is 0 Å². The lowest BCUT2D eigenvalue weighted by molar-refractivity contribution is 0.0600. The van der Waals surface area contributed by atoms with E-state index in [9.17, 15) is 9.59 Å². The van der Waals surface area contributed by atoms with Crippen molar-refractivity contribution in [3.8, 4) is 11.1 Å². The Bertz CT molecular complexity index is 674. The minimum absolute atomic E-state index is 0.246. The van der Waals surface area contributed by atoms with Gasteiger partial charge in [0.2, 0.25) is 0 Å². The molecule has 0 saturated carbocycles. The Morgan fingerprint density at radius 2 is 1.80 bits per heavy atom. The molecule has 0 aromatic heterocycles. The van der Waals surface area contributed by atoms with Gasteiger partial charge in [0, 0.05) is 0 Å². The average molecular weight is 270 g/mol. The zero-order valence-electron chi connectivity index (χ0n) is 11.2. The summed E-state index contributed by atoms with van der Waals surface area (Å²) in [6.07, 6.45) is 0. The second-order valence-electron chi connectivity index (χ2n) is 4.41. The fourth-order valence-electron chi connectivity index (χ4n) is 2.05. The van der Waals surface area contributed by atoms with E-state index in [0.717, 1.165) is 16.7 Å². The second-order valence-corrected chi connectivity index (χ2v) is 4.41. The van der Waals surface area contributed by atoms with Crippen LogP contribution in [-0.4, -0.2) is 24.2 Å². The van der Waals surface area contributed by atoms with Gasteiger partial charge in [-0.1, -0.05) is 18.2 Å². The number of carbonyl (C=O) groups excluding carboxylic acids is 1. The molecule has 0 bridgehead atoms. The van der Waals surface area contributed by atoms with Crippen molar-refractivity contribution in [2.45, 2.75) is 6.92 Å². The molecule has 0 amide bonds. The number of hydrogen-bond acceptors (Lipinski definition) is 3. The Morgan fingerprint density at radius 3 is 2.40 bits per heavy atom. The van der Waals surface area contributed by atoms with E-state index in [0.29, 0.717) is 5.56 Å². The number of carboxylic acid groups (broad SMARTS) is 1. The van der Waals surface area contributed by atoms with Gasteiger partial charge in [-0.05, 0) is 47.9 Å². The molecule has 0 aliphatic carbocycles. The molecule has 0 atom stereocenters. The van der Waals surface area contributed by atoms with E-state index in [2.05, 4.69) is 0 Å². The lowest BCUT2D eigenvalue weighted by Gasteiger charge is -2.08. The van der Waals surface area contributed by atoms with Gasteiger partial charge in [-0.3, -0.25) is 0 Å². The highest BCUT2D eigenvalue weighted by Crippen LogP contribution is 2.25. The van der Waals surface area contributed by atoms with Gasteiger partial charge in [0.15, 0.2) is 0 Å². The van der Waals surface area contributed by atoms with E-state index in [4.69, 9.17) is 9.84 Å². The Hall–Kier alpha value is -2.62. The lowest BCUT2D eigenvalue weighted by atomic mass is 9.97. The van der Waals surface area contributed by atoms with Crippen LogP contribution < -0.4 is 0 Å². The first-order chi connectivity index (χ1) is 9.52. The summed E-state index contributed by atoms with van der Waals surface area (Å²) in [6, 6.07) is 12.0. The van der Waals surface area contributed by atoms with Crippen molar-refractivity contribution in [2.24, 2.45) is 0 Å². The third-order valence-corrected chi connectivity index (χ3v) is 3.07. The molecular weight excluding hydrogens is 256 g/mol. The highest BCUT2D eigenvalue weighted by molar-refractivity contribution is 5.92. The van der Waals surface area contributed by atoms with Crippen molar-refractivity contribution < 1.29 is 19.4 Å². The summed E-state index contributed by atoms with van der Waals surface area (Å²) in [6.45, 7) is 1.84. The van der Waals surface area contributed by atoms with Gasteiger partial charge in [-0.2, -0.15) is 0 Å². The highest BCUT2D eigenvalue weighted by Gasteiger charge is 2.10. The van der Waals surface area contributed by atoms with Crippen LogP contribution in [0.3, 0.4) is 0 Å². The van der Waals surface area contributed by atoms with E-state index in [1.165, 1.54) is 7.11 Å². The summed E-state index contributed by atoms with van der Waals surface area (Å²) in [7, 11) is 1.34. The Balaban J connectivity index is 2.46. The molecule has 0 radical (unpaired) electrons. The molecule has 1 N–H and O–H groups in total. The minimum Gasteiger partial charge on any atom is -0.478 e. The molecule has 0 heterocycles. The van der Waals surface area contributed by atoms with Crippen LogP contribution in [0.2, 0.25) is 0 Å². The number of ether oxygens (including phenoxy) is 1. The Kier molecular flexibility index (Phi) is 3.84. The van der Waals surface area contributed by atoms with Crippen LogP contribution in [0.15, 0.2) is 42.5 Å². The van der Waals surface area contributed by atoms with Gasteiger partial charge in [0.05, 0.1) is 18.2 Å². The summed E-state index contributed by atoms with van der Waals surface area (Å²) in [5, 5.41) is 8.96. The Labute approximate surface area is 116 Å². The van der Waals surface area contributed by atoms with Crippen LogP contribution in [0.1, 0.15) is 26.3 Å². The van der Waals surface area contributed by atoms with Crippen LogP contribution in [0.25, 0.3) is 11.1 Å². The predicted molar refractivity (Wildman–Crippen MR) is 74.9 cm³/mol. The summed E-state index contributed by atoms with van der Waals surface area (Å²) in [5.41, 5.74) is 3.29. The molecule has 2 rings (SSSR count).